The zero-order valence-corrected chi connectivity index (χ0v) is 43.9. The fraction of sp³-hybridized carbons (Fsp3) is 0.313. The van der Waals surface area contributed by atoms with Gasteiger partial charge >= 0.3 is 0 Å². The molecule has 1 aliphatic carbocycles. The van der Waals surface area contributed by atoms with Crippen LogP contribution in [0.15, 0.2) is 162 Å². The van der Waals surface area contributed by atoms with Crippen molar-refractivity contribution in [2.24, 2.45) is 0 Å². The Labute approximate surface area is 412 Å². The number of hydrogen-bond donors (Lipinski definition) is 0. The molecular formula is C67H71NO. The van der Waals surface area contributed by atoms with Gasteiger partial charge in [0.1, 0.15) is 5.58 Å². The lowest BCUT2D eigenvalue weighted by atomic mass is 9.58. The molecule has 8 aromatic carbocycles. The summed E-state index contributed by atoms with van der Waals surface area (Å²) in [7, 11) is 0. The second-order valence-corrected chi connectivity index (χ2v) is 25.1. The van der Waals surface area contributed by atoms with Crippen molar-refractivity contribution in [3.8, 4) is 11.1 Å². The molecule has 350 valence electrons. The van der Waals surface area contributed by atoms with E-state index >= 15 is 0 Å². The smallest absolute Gasteiger partial charge is 0.160 e. The highest BCUT2D eigenvalue weighted by molar-refractivity contribution is 6.22. The van der Waals surface area contributed by atoms with Crippen LogP contribution in [0.3, 0.4) is 0 Å². The van der Waals surface area contributed by atoms with Crippen LogP contribution < -0.4 is 4.90 Å². The lowest BCUT2D eigenvalue weighted by molar-refractivity contribution is 0.588. The van der Waals surface area contributed by atoms with E-state index in [0.29, 0.717) is 0 Å². The number of anilines is 3. The van der Waals surface area contributed by atoms with E-state index in [0.717, 1.165) is 39.0 Å². The second kappa shape index (κ2) is 15.8. The largest absolute Gasteiger partial charge is 0.454 e. The monoisotopic (exact) mass is 906 g/mol. The molecule has 0 unspecified atom stereocenters. The minimum absolute atomic E-state index is 0.00147. The molecule has 0 spiro atoms. The number of fused-ring (bicyclic) bond motifs is 6. The van der Waals surface area contributed by atoms with Crippen LogP contribution in [0.1, 0.15) is 154 Å². The topological polar surface area (TPSA) is 16.4 Å². The lowest BCUT2D eigenvalue weighted by Gasteiger charge is -2.44. The highest BCUT2D eigenvalue weighted by atomic mass is 16.3. The summed E-state index contributed by atoms with van der Waals surface area (Å²) in [5.74, 6) is 0. The number of rotatable bonds is 5. The van der Waals surface area contributed by atoms with Crippen molar-refractivity contribution in [1.82, 2.24) is 0 Å². The first-order valence-electron chi connectivity index (χ1n) is 25.2. The van der Waals surface area contributed by atoms with Crippen molar-refractivity contribution in [3.63, 3.8) is 0 Å². The Morgan fingerprint density at radius 2 is 0.841 bits per heavy atom. The maximum atomic E-state index is 7.34. The molecule has 0 fully saturated rings. The molecule has 0 radical (unpaired) electrons. The van der Waals surface area contributed by atoms with Crippen LogP contribution in [0.4, 0.5) is 17.1 Å². The quantitative estimate of drug-likeness (QED) is 0.171. The molecule has 0 bridgehead atoms. The van der Waals surface area contributed by atoms with Crippen LogP contribution in [0.2, 0.25) is 0 Å². The van der Waals surface area contributed by atoms with E-state index in [4.69, 9.17) is 4.42 Å². The molecule has 1 heterocycles. The molecular weight excluding hydrogens is 835 g/mol. The van der Waals surface area contributed by atoms with Crippen LogP contribution in [-0.4, -0.2) is 0 Å². The third-order valence-electron chi connectivity index (χ3n) is 15.1. The molecule has 0 saturated heterocycles. The number of hydrogen-bond acceptors (Lipinski definition) is 2. The van der Waals surface area contributed by atoms with E-state index in [2.05, 4.69) is 266 Å². The van der Waals surface area contributed by atoms with Crippen LogP contribution in [-0.2, 0) is 32.5 Å². The van der Waals surface area contributed by atoms with Gasteiger partial charge in [0.2, 0.25) is 0 Å². The Bertz CT molecular complexity index is 3280. The van der Waals surface area contributed by atoms with Crippen molar-refractivity contribution >= 4 is 49.8 Å². The third kappa shape index (κ3) is 7.61. The Morgan fingerprint density at radius 1 is 0.391 bits per heavy atom. The molecule has 69 heavy (non-hydrogen) atoms. The second-order valence-electron chi connectivity index (χ2n) is 25.1. The van der Waals surface area contributed by atoms with Gasteiger partial charge in [0, 0.05) is 22.1 Å². The maximum absolute atomic E-state index is 7.34. The summed E-state index contributed by atoms with van der Waals surface area (Å²) < 4.78 is 7.34. The van der Waals surface area contributed by atoms with Crippen molar-refractivity contribution in [2.45, 2.75) is 136 Å². The lowest BCUT2D eigenvalue weighted by Crippen LogP contribution is -2.35. The first kappa shape index (κ1) is 46.4. The van der Waals surface area contributed by atoms with Crippen molar-refractivity contribution < 1.29 is 4.42 Å². The van der Waals surface area contributed by atoms with Crippen molar-refractivity contribution in [3.05, 3.63) is 208 Å². The first-order chi connectivity index (χ1) is 32.4. The van der Waals surface area contributed by atoms with Crippen molar-refractivity contribution in [2.75, 3.05) is 4.90 Å². The van der Waals surface area contributed by atoms with Gasteiger partial charge < -0.3 is 9.32 Å². The molecule has 2 heteroatoms. The molecule has 0 saturated carbocycles. The zero-order valence-electron chi connectivity index (χ0n) is 43.9. The zero-order chi connectivity index (χ0) is 49.2. The fourth-order valence-corrected chi connectivity index (χ4v) is 11.2. The van der Waals surface area contributed by atoms with Crippen molar-refractivity contribution in [1.29, 1.82) is 0 Å². The Morgan fingerprint density at radius 3 is 1.30 bits per heavy atom. The van der Waals surface area contributed by atoms with Crippen LogP contribution >= 0.6 is 0 Å². The Hall–Kier alpha value is -6.38. The third-order valence-corrected chi connectivity index (χ3v) is 15.1. The van der Waals surface area contributed by atoms with Crippen LogP contribution in [0, 0.1) is 0 Å². The van der Waals surface area contributed by atoms with Gasteiger partial charge in [0.15, 0.2) is 5.58 Å². The highest BCUT2D eigenvalue weighted by Crippen LogP contribution is 2.61. The van der Waals surface area contributed by atoms with Gasteiger partial charge in [-0.15, -0.1) is 0 Å². The van der Waals surface area contributed by atoms with E-state index in [1.54, 1.807) is 0 Å². The molecule has 1 aromatic heterocycles. The summed E-state index contributed by atoms with van der Waals surface area (Å²) in [5.41, 5.74) is 18.1. The van der Waals surface area contributed by atoms with E-state index in [1.165, 1.54) is 72.0 Å². The summed E-state index contributed by atoms with van der Waals surface area (Å²) in [6.07, 6.45) is 0. The van der Waals surface area contributed by atoms with E-state index in [-0.39, 0.29) is 27.1 Å². The van der Waals surface area contributed by atoms with Gasteiger partial charge in [-0.1, -0.05) is 225 Å². The first-order valence-corrected chi connectivity index (χ1v) is 25.2. The normalized spacial score (nSPS) is 14.1. The van der Waals surface area contributed by atoms with E-state index < -0.39 is 5.41 Å². The van der Waals surface area contributed by atoms with E-state index in [1.807, 2.05) is 0 Å². The minimum atomic E-state index is -0.746. The summed E-state index contributed by atoms with van der Waals surface area (Å²) in [6.45, 7) is 34.7. The average Bonchev–Trinajstić information content (AvgIpc) is 3.68. The van der Waals surface area contributed by atoms with Gasteiger partial charge in [0.05, 0.1) is 11.1 Å². The van der Waals surface area contributed by atoms with E-state index in [9.17, 15) is 0 Å². The van der Waals surface area contributed by atoms with Gasteiger partial charge in [-0.2, -0.15) is 0 Å². The summed E-state index contributed by atoms with van der Waals surface area (Å²) in [4.78, 5) is 2.46. The minimum Gasteiger partial charge on any atom is -0.454 e. The Balaban J connectivity index is 1.44. The molecule has 0 N–H and O–H groups in total. The SMILES string of the molecule is CC(C)(C)c1ccc(N(c2ccc(C(C)(C)C)cc2)c2cc3c(c4c2oc2ccccc24)-c2ccc(C(C)(C)C)c4cccc(c24)C3(c2ccc(C(C)(C)C)cc2)c2ccc(C(C)(C)C)cc2)cc1. The molecule has 0 atom stereocenters. The number of nitrogens with zero attached hydrogens (tertiary/aromatic N) is 1. The molecule has 0 amide bonds. The van der Waals surface area contributed by atoms with Crippen LogP contribution in [0.25, 0.3) is 43.8 Å². The highest BCUT2D eigenvalue weighted by Gasteiger charge is 2.47. The summed E-state index contributed by atoms with van der Waals surface area (Å²) in [5, 5.41) is 4.87. The number of furan rings is 1. The molecule has 1 aliphatic rings. The van der Waals surface area contributed by atoms with Gasteiger partial charge in [-0.3, -0.25) is 0 Å². The molecule has 10 rings (SSSR count). The number of benzene rings is 8. The molecule has 0 aliphatic heterocycles. The summed E-state index contributed by atoms with van der Waals surface area (Å²) >= 11 is 0. The summed E-state index contributed by atoms with van der Waals surface area (Å²) in [6, 6.07) is 60.9. The standard InChI is InChI=1S/C67H71NO/c1-62(2,3)42-23-27-46(28-24-42)67(47-29-25-43(26-30-47)63(4,5)6)54-21-18-20-50-53(66(13,14)15)40-39-52(58(50)54)59-55(67)41-56(61-60(59)51-19-16-17-22-57(51)69-61)68(48-35-31-44(32-36-48)64(7,8)9)49-37-33-45(34-38-49)65(10,11)12/h16-41H,1-15H3. The molecule has 2 nitrogen and oxygen atoms in total. The van der Waals surface area contributed by atoms with Crippen LogP contribution in [0.5, 0.6) is 0 Å². The van der Waals surface area contributed by atoms with Gasteiger partial charge in [0.25, 0.3) is 0 Å². The Kier molecular flexibility index (Phi) is 10.6. The average molecular weight is 906 g/mol. The fourth-order valence-electron chi connectivity index (χ4n) is 11.2. The predicted molar refractivity (Wildman–Crippen MR) is 297 cm³/mol. The predicted octanol–water partition coefficient (Wildman–Crippen LogP) is 19.1. The van der Waals surface area contributed by atoms with Gasteiger partial charge in [-0.25, -0.2) is 0 Å². The molecule has 9 aromatic rings. The maximum Gasteiger partial charge on any atom is 0.160 e. The number of para-hydroxylation sites is 1. The van der Waals surface area contributed by atoms with Gasteiger partial charge in [-0.05, 0) is 135 Å².